The predicted octanol–water partition coefficient (Wildman–Crippen LogP) is 2.51. The molecule has 0 saturated heterocycles. The molecule has 0 aliphatic rings. The molecule has 21 heavy (non-hydrogen) atoms. The lowest BCUT2D eigenvalue weighted by atomic mass is 10.1. The standard InChI is InChI=1S/C16H18N2O3/c1-12(13-6-8-17-9-7-13)18-10-11-21-15-5-3-2-4-14(15)16(19)20/h2-9,12,18H,10-11H2,1H3,(H,19,20). The molecule has 5 nitrogen and oxygen atoms in total. The number of rotatable bonds is 7. The summed E-state index contributed by atoms with van der Waals surface area (Å²) in [4.78, 5) is 15.0. The monoisotopic (exact) mass is 286 g/mol. The summed E-state index contributed by atoms with van der Waals surface area (Å²) < 4.78 is 5.53. The highest BCUT2D eigenvalue weighted by Gasteiger charge is 2.10. The van der Waals surface area contributed by atoms with Crippen LogP contribution < -0.4 is 10.1 Å². The van der Waals surface area contributed by atoms with E-state index in [9.17, 15) is 4.79 Å². The molecule has 110 valence electrons. The van der Waals surface area contributed by atoms with E-state index < -0.39 is 5.97 Å². The number of aromatic carboxylic acids is 1. The lowest BCUT2D eigenvalue weighted by Crippen LogP contribution is -2.24. The fourth-order valence-corrected chi connectivity index (χ4v) is 1.98. The molecule has 1 heterocycles. The maximum absolute atomic E-state index is 11.0. The maximum Gasteiger partial charge on any atom is 0.339 e. The average molecular weight is 286 g/mol. The van der Waals surface area contributed by atoms with Gasteiger partial charge in [0.25, 0.3) is 0 Å². The van der Waals surface area contributed by atoms with Crippen LogP contribution in [0.15, 0.2) is 48.8 Å². The van der Waals surface area contributed by atoms with Crippen LogP contribution in [0, 0.1) is 0 Å². The fourth-order valence-electron chi connectivity index (χ4n) is 1.98. The molecule has 5 heteroatoms. The van der Waals surface area contributed by atoms with E-state index >= 15 is 0 Å². The van der Waals surface area contributed by atoms with E-state index in [4.69, 9.17) is 9.84 Å². The molecule has 1 unspecified atom stereocenters. The van der Waals surface area contributed by atoms with Crippen molar-refractivity contribution in [1.82, 2.24) is 10.3 Å². The van der Waals surface area contributed by atoms with Crippen molar-refractivity contribution in [2.24, 2.45) is 0 Å². The fraction of sp³-hybridized carbons (Fsp3) is 0.250. The number of carbonyl (C=O) groups is 1. The number of carboxylic acid groups (broad SMARTS) is 1. The quantitative estimate of drug-likeness (QED) is 0.765. The Labute approximate surface area is 123 Å². The summed E-state index contributed by atoms with van der Waals surface area (Å²) >= 11 is 0. The van der Waals surface area contributed by atoms with E-state index in [-0.39, 0.29) is 11.6 Å². The van der Waals surface area contributed by atoms with Crippen molar-refractivity contribution < 1.29 is 14.6 Å². The summed E-state index contributed by atoms with van der Waals surface area (Å²) in [7, 11) is 0. The Kier molecular flexibility index (Phi) is 5.29. The zero-order chi connectivity index (χ0) is 15.1. The van der Waals surface area contributed by atoms with Gasteiger partial charge in [-0.25, -0.2) is 4.79 Å². The van der Waals surface area contributed by atoms with Gasteiger partial charge < -0.3 is 15.2 Å². The van der Waals surface area contributed by atoms with Crippen LogP contribution in [-0.4, -0.2) is 29.2 Å². The minimum atomic E-state index is -0.983. The van der Waals surface area contributed by atoms with Crippen molar-refractivity contribution in [3.8, 4) is 5.75 Å². The maximum atomic E-state index is 11.0. The van der Waals surface area contributed by atoms with Crippen molar-refractivity contribution in [3.63, 3.8) is 0 Å². The molecule has 2 N–H and O–H groups in total. The number of benzene rings is 1. The topological polar surface area (TPSA) is 71.5 Å². The van der Waals surface area contributed by atoms with Gasteiger partial charge in [-0.2, -0.15) is 0 Å². The summed E-state index contributed by atoms with van der Waals surface area (Å²) in [5, 5.41) is 12.4. The van der Waals surface area contributed by atoms with Gasteiger partial charge in [0.1, 0.15) is 17.9 Å². The molecule has 0 amide bonds. The molecule has 0 spiro atoms. The van der Waals surface area contributed by atoms with Gasteiger partial charge in [-0.1, -0.05) is 12.1 Å². The Balaban J connectivity index is 1.81. The van der Waals surface area contributed by atoms with Crippen LogP contribution in [0.5, 0.6) is 5.75 Å². The number of nitrogens with zero attached hydrogens (tertiary/aromatic N) is 1. The second kappa shape index (κ2) is 7.40. The Hall–Kier alpha value is -2.40. The first-order valence-corrected chi connectivity index (χ1v) is 6.77. The highest BCUT2D eigenvalue weighted by molar-refractivity contribution is 5.90. The van der Waals surface area contributed by atoms with Gasteiger partial charge in [0.2, 0.25) is 0 Å². The van der Waals surface area contributed by atoms with Crippen molar-refractivity contribution in [2.75, 3.05) is 13.2 Å². The predicted molar refractivity (Wildman–Crippen MR) is 79.6 cm³/mol. The minimum Gasteiger partial charge on any atom is -0.491 e. The third kappa shape index (κ3) is 4.29. The normalized spacial score (nSPS) is 11.9. The van der Waals surface area contributed by atoms with Gasteiger partial charge in [-0.15, -0.1) is 0 Å². The average Bonchev–Trinajstić information content (AvgIpc) is 2.52. The van der Waals surface area contributed by atoms with Gasteiger partial charge in [-0.3, -0.25) is 4.98 Å². The first-order valence-electron chi connectivity index (χ1n) is 6.77. The van der Waals surface area contributed by atoms with E-state index in [2.05, 4.69) is 17.2 Å². The largest absolute Gasteiger partial charge is 0.491 e. The Morgan fingerprint density at radius 3 is 2.71 bits per heavy atom. The van der Waals surface area contributed by atoms with E-state index in [0.29, 0.717) is 18.9 Å². The number of nitrogens with one attached hydrogen (secondary N) is 1. The minimum absolute atomic E-state index is 0.180. The lowest BCUT2D eigenvalue weighted by molar-refractivity contribution is 0.0692. The molecule has 0 aliphatic carbocycles. The van der Waals surface area contributed by atoms with E-state index in [0.717, 1.165) is 5.56 Å². The third-order valence-electron chi connectivity index (χ3n) is 3.13. The van der Waals surface area contributed by atoms with Crippen LogP contribution >= 0.6 is 0 Å². The van der Waals surface area contributed by atoms with E-state index in [1.807, 2.05) is 12.1 Å². The summed E-state index contributed by atoms with van der Waals surface area (Å²) in [5.74, 6) is -0.591. The molecule has 0 fully saturated rings. The Bertz CT molecular complexity index is 587. The van der Waals surface area contributed by atoms with Crippen LogP contribution in [0.2, 0.25) is 0 Å². The highest BCUT2D eigenvalue weighted by Crippen LogP contribution is 2.17. The van der Waals surface area contributed by atoms with E-state index in [1.165, 1.54) is 6.07 Å². The molecule has 0 saturated carbocycles. The summed E-state index contributed by atoms with van der Waals surface area (Å²) in [6.07, 6.45) is 3.51. The van der Waals surface area contributed by atoms with Gasteiger partial charge in [0.15, 0.2) is 0 Å². The molecule has 0 aliphatic heterocycles. The number of aromatic nitrogens is 1. The smallest absolute Gasteiger partial charge is 0.339 e. The number of carboxylic acids is 1. The first-order chi connectivity index (χ1) is 10.2. The van der Waals surface area contributed by atoms with Gasteiger partial charge in [-0.05, 0) is 36.8 Å². The molecule has 1 aromatic carbocycles. The molecule has 0 radical (unpaired) electrons. The number of para-hydroxylation sites is 1. The van der Waals surface area contributed by atoms with Crippen LogP contribution in [0.1, 0.15) is 28.9 Å². The van der Waals surface area contributed by atoms with Crippen LogP contribution in [0.3, 0.4) is 0 Å². The second-order valence-electron chi connectivity index (χ2n) is 4.61. The highest BCUT2D eigenvalue weighted by atomic mass is 16.5. The molecule has 0 bridgehead atoms. The SMILES string of the molecule is CC(NCCOc1ccccc1C(=O)O)c1ccncc1. The summed E-state index contributed by atoms with van der Waals surface area (Å²) in [5.41, 5.74) is 1.33. The first kappa shape index (κ1) is 15.0. The van der Waals surface area contributed by atoms with E-state index in [1.54, 1.807) is 30.6 Å². The van der Waals surface area contributed by atoms with Crippen LogP contribution in [0.4, 0.5) is 0 Å². The van der Waals surface area contributed by atoms with Gasteiger partial charge >= 0.3 is 5.97 Å². The number of hydrogen-bond acceptors (Lipinski definition) is 4. The second-order valence-corrected chi connectivity index (χ2v) is 4.61. The molecule has 2 rings (SSSR count). The molecular formula is C16H18N2O3. The van der Waals surface area contributed by atoms with Crippen LogP contribution in [0.25, 0.3) is 0 Å². The summed E-state index contributed by atoms with van der Waals surface area (Å²) in [6, 6.07) is 10.7. The van der Waals surface area contributed by atoms with Crippen molar-refractivity contribution in [1.29, 1.82) is 0 Å². The number of pyridine rings is 1. The van der Waals surface area contributed by atoms with Gasteiger partial charge in [0, 0.05) is 25.0 Å². The van der Waals surface area contributed by atoms with Crippen molar-refractivity contribution in [3.05, 3.63) is 59.9 Å². The van der Waals surface area contributed by atoms with Crippen LogP contribution in [-0.2, 0) is 0 Å². The molecule has 1 aromatic heterocycles. The zero-order valence-electron chi connectivity index (χ0n) is 11.8. The molecule has 2 aromatic rings. The lowest BCUT2D eigenvalue weighted by Gasteiger charge is -2.15. The molecular weight excluding hydrogens is 268 g/mol. The number of ether oxygens (including phenoxy) is 1. The van der Waals surface area contributed by atoms with Crippen molar-refractivity contribution >= 4 is 5.97 Å². The Morgan fingerprint density at radius 2 is 2.00 bits per heavy atom. The Morgan fingerprint density at radius 1 is 1.29 bits per heavy atom. The zero-order valence-corrected chi connectivity index (χ0v) is 11.8. The third-order valence-corrected chi connectivity index (χ3v) is 3.13. The number of hydrogen-bond donors (Lipinski definition) is 2. The van der Waals surface area contributed by atoms with Crippen molar-refractivity contribution in [2.45, 2.75) is 13.0 Å². The summed E-state index contributed by atoms with van der Waals surface area (Å²) in [6.45, 7) is 3.08. The molecule has 1 atom stereocenters. The van der Waals surface area contributed by atoms with Gasteiger partial charge in [0.05, 0.1) is 0 Å².